The van der Waals surface area contributed by atoms with Crippen molar-refractivity contribution in [2.45, 2.75) is 31.6 Å². The topological polar surface area (TPSA) is 56.7 Å². The molecule has 0 aliphatic carbocycles. The van der Waals surface area contributed by atoms with Gasteiger partial charge in [0.1, 0.15) is 0 Å². The second kappa shape index (κ2) is 12.5. The fourth-order valence-electron chi connectivity index (χ4n) is 3.80. The Bertz CT molecular complexity index is 791. The van der Waals surface area contributed by atoms with Crippen molar-refractivity contribution in [3.63, 3.8) is 0 Å². The minimum Gasteiger partial charge on any atom is -0.357 e. The van der Waals surface area contributed by atoms with E-state index in [-0.39, 0.29) is 0 Å². The van der Waals surface area contributed by atoms with Crippen LogP contribution in [0.1, 0.15) is 36.9 Å². The molecule has 1 aliphatic heterocycles. The minimum absolute atomic E-state index is 0.302. The molecule has 3 rings (SSSR count). The zero-order chi connectivity index (χ0) is 21.0. The largest absolute Gasteiger partial charge is 0.357 e. The van der Waals surface area contributed by atoms with Crippen molar-refractivity contribution >= 4 is 16.8 Å². The van der Waals surface area contributed by atoms with Gasteiger partial charge in [0.15, 0.2) is 5.96 Å². The van der Waals surface area contributed by atoms with Crippen LogP contribution in [0.4, 0.5) is 0 Å². The van der Waals surface area contributed by atoms with Gasteiger partial charge in [-0.05, 0) is 44.0 Å². The Labute approximate surface area is 183 Å². The van der Waals surface area contributed by atoms with Crippen LogP contribution in [0.2, 0.25) is 0 Å². The lowest BCUT2D eigenvalue weighted by Gasteiger charge is -2.27. The standard InChI is InChI=1S/C24H34N4OS/c1-2-25-24(26-15-18-30(29)20-21-11-5-3-6-12-21)27-19-23(28-16-9-10-17-28)22-13-7-4-8-14-22/h3-8,11-14,23H,2,9-10,15-20H2,1H3,(H2,25,26,27). The molecule has 5 nitrogen and oxygen atoms in total. The molecule has 1 heterocycles. The van der Waals surface area contributed by atoms with Gasteiger partial charge >= 0.3 is 0 Å². The van der Waals surface area contributed by atoms with E-state index in [0.29, 0.717) is 30.6 Å². The molecule has 2 aromatic carbocycles. The van der Waals surface area contributed by atoms with Crippen LogP contribution in [0, 0.1) is 0 Å². The average molecular weight is 427 g/mol. The van der Waals surface area contributed by atoms with Crippen LogP contribution in [0.15, 0.2) is 65.7 Å². The smallest absolute Gasteiger partial charge is 0.191 e. The number of hydrogen-bond donors (Lipinski definition) is 2. The Hall–Kier alpha value is -2.18. The van der Waals surface area contributed by atoms with E-state index in [1.807, 2.05) is 30.3 Å². The Morgan fingerprint density at radius 2 is 1.70 bits per heavy atom. The molecule has 0 aromatic heterocycles. The van der Waals surface area contributed by atoms with Gasteiger partial charge in [-0.2, -0.15) is 0 Å². The van der Waals surface area contributed by atoms with E-state index in [1.54, 1.807) is 0 Å². The van der Waals surface area contributed by atoms with Gasteiger partial charge < -0.3 is 10.6 Å². The van der Waals surface area contributed by atoms with Crippen molar-refractivity contribution in [3.05, 3.63) is 71.8 Å². The average Bonchev–Trinajstić information content (AvgIpc) is 3.30. The summed E-state index contributed by atoms with van der Waals surface area (Å²) >= 11 is 0. The summed E-state index contributed by atoms with van der Waals surface area (Å²) in [4.78, 5) is 7.41. The zero-order valence-electron chi connectivity index (χ0n) is 17.9. The van der Waals surface area contributed by atoms with Crippen LogP contribution in [-0.2, 0) is 16.6 Å². The maximum atomic E-state index is 12.4. The SMILES string of the molecule is CCNC(=NCC(c1ccccc1)N1CCCC1)NCCS(=O)Cc1ccccc1. The summed E-state index contributed by atoms with van der Waals surface area (Å²) in [5.41, 5.74) is 2.44. The Balaban J connectivity index is 1.55. The molecule has 1 fully saturated rings. The summed E-state index contributed by atoms with van der Waals surface area (Å²) in [6, 6.07) is 21.0. The molecule has 6 heteroatoms. The molecule has 0 saturated carbocycles. The van der Waals surface area contributed by atoms with Crippen molar-refractivity contribution in [2.75, 3.05) is 38.5 Å². The van der Waals surface area contributed by atoms with E-state index < -0.39 is 10.8 Å². The summed E-state index contributed by atoms with van der Waals surface area (Å²) < 4.78 is 12.4. The quantitative estimate of drug-likeness (QED) is 0.452. The zero-order valence-corrected chi connectivity index (χ0v) is 18.7. The number of rotatable bonds is 10. The van der Waals surface area contributed by atoms with Gasteiger partial charge in [-0.15, -0.1) is 0 Å². The number of aliphatic imine (C=N–C) groups is 1. The maximum absolute atomic E-state index is 12.4. The summed E-state index contributed by atoms with van der Waals surface area (Å²) in [7, 11) is -0.889. The second-order valence-corrected chi connectivity index (χ2v) is 9.17. The van der Waals surface area contributed by atoms with Crippen molar-refractivity contribution < 1.29 is 4.21 Å². The minimum atomic E-state index is -0.889. The molecule has 30 heavy (non-hydrogen) atoms. The van der Waals surface area contributed by atoms with E-state index in [4.69, 9.17) is 4.99 Å². The molecule has 2 aromatic rings. The van der Waals surface area contributed by atoms with Gasteiger partial charge in [-0.25, -0.2) is 0 Å². The highest BCUT2D eigenvalue weighted by molar-refractivity contribution is 7.84. The summed E-state index contributed by atoms with van der Waals surface area (Å²) in [6.07, 6.45) is 2.52. The van der Waals surface area contributed by atoms with E-state index in [9.17, 15) is 4.21 Å². The molecular weight excluding hydrogens is 392 g/mol. The number of guanidine groups is 1. The Morgan fingerprint density at radius 1 is 1.03 bits per heavy atom. The third-order valence-electron chi connectivity index (χ3n) is 5.32. The van der Waals surface area contributed by atoms with Crippen LogP contribution in [0.3, 0.4) is 0 Å². The first-order valence-electron chi connectivity index (χ1n) is 11.0. The monoisotopic (exact) mass is 426 g/mol. The lowest BCUT2D eigenvalue weighted by Crippen LogP contribution is -2.40. The molecular formula is C24H34N4OS. The molecule has 2 N–H and O–H groups in total. The highest BCUT2D eigenvalue weighted by Crippen LogP contribution is 2.25. The predicted molar refractivity (Wildman–Crippen MR) is 127 cm³/mol. The fraction of sp³-hybridized carbons (Fsp3) is 0.458. The highest BCUT2D eigenvalue weighted by Gasteiger charge is 2.23. The third-order valence-corrected chi connectivity index (χ3v) is 6.64. The molecule has 0 bridgehead atoms. The Morgan fingerprint density at radius 3 is 2.37 bits per heavy atom. The third kappa shape index (κ3) is 7.26. The number of nitrogens with zero attached hydrogens (tertiary/aromatic N) is 2. The van der Waals surface area contributed by atoms with Gasteiger partial charge in [0, 0.05) is 35.4 Å². The number of benzene rings is 2. The van der Waals surface area contributed by atoms with Crippen LogP contribution < -0.4 is 10.6 Å². The predicted octanol–water partition coefficient (Wildman–Crippen LogP) is 3.33. The lowest BCUT2D eigenvalue weighted by atomic mass is 10.1. The summed E-state index contributed by atoms with van der Waals surface area (Å²) in [5.74, 6) is 2.00. The van der Waals surface area contributed by atoms with Crippen molar-refractivity contribution in [2.24, 2.45) is 4.99 Å². The summed E-state index contributed by atoms with van der Waals surface area (Å²) in [5, 5.41) is 6.69. The van der Waals surface area contributed by atoms with Crippen LogP contribution in [0.5, 0.6) is 0 Å². The van der Waals surface area contributed by atoms with Crippen LogP contribution in [0.25, 0.3) is 0 Å². The first kappa shape index (κ1) is 22.5. The number of likely N-dealkylation sites (tertiary alicyclic amines) is 1. The number of hydrogen-bond acceptors (Lipinski definition) is 3. The molecule has 2 unspecified atom stereocenters. The molecule has 162 valence electrons. The fourth-order valence-corrected chi connectivity index (χ4v) is 4.83. The van der Waals surface area contributed by atoms with Gasteiger partial charge in [0.05, 0.1) is 12.6 Å². The first-order chi connectivity index (χ1) is 14.8. The van der Waals surface area contributed by atoms with E-state index >= 15 is 0 Å². The van der Waals surface area contributed by atoms with Gasteiger partial charge in [0.2, 0.25) is 0 Å². The molecule has 0 amide bonds. The van der Waals surface area contributed by atoms with Crippen LogP contribution >= 0.6 is 0 Å². The number of nitrogens with one attached hydrogen (secondary N) is 2. The maximum Gasteiger partial charge on any atom is 0.191 e. The van der Waals surface area contributed by atoms with E-state index in [1.165, 1.54) is 18.4 Å². The van der Waals surface area contributed by atoms with Gasteiger partial charge in [-0.3, -0.25) is 14.1 Å². The first-order valence-corrected chi connectivity index (χ1v) is 12.4. The summed E-state index contributed by atoms with van der Waals surface area (Å²) in [6.45, 7) is 6.51. The normalized spacial score (nSPS) is 16.9. The molecule has 2 atom stereocenters. The lowest BCUT2D eigenvalue weighted by molar-refractivity contribution is 0.251. The molecule has 0 radical (unpaired) electrons. The highest BCUT2D eigenvalue weighted by atomic mass is 32.2. The molecule has 1 aliphatic rings. The van der Waals surface area contributed by atoms with Crippen LogP contribution in [-0.4, -0.2) is 53.5 Å². The van der Waals surface area contributed by atoms with E-state index in [0.717, 1.165) is 31.2 Å². The Kier molecular flexibility index (Phi) is 9.38. The van der Waals surface area contributed by atoms with E-state index in [2.05, 4.69) is 52.8 Å². The van der Waals surface area contributed by atoms with Crippen molar-refractivity contribution in [1.29, 1.82) is 0 Å². The van der Waals surface area contributed by atoms with Crippen molar-refractivity contribution in [3.8, 4) is 0 Å². The van der Waals surface area contributed by atoms with Gasteiger partial charge in [-0.1, -0.05) is 60.7 Å². The molecule has 0 spiro atoms. The van der Waals surface area contributed by atoms with Crippen molar-refractivity contribution in [1.82, 2.24) is 15.5 Å². The van der Waals surface area contributed by atoms with Gasteiger partial charge in [0.25, 0.3) is 0 Å². The second-order valence-electron chi connectivity index (χ2n) is 7.59. The molecule has 1 saturated heterocycles.